The van der Waals surface area contributed by atoms with E-state index in [9.17, 15) is 4.79 Å². The van der Waals surface area contributed by atoms with Gasteiger partial charge in [0, 0.05) is 12.4 Å². The van der Waals surface area contributed by atoms with Crippen molar-refractivity contribution in [1.82, 2.24) is 0 Å². The fraction of sp³-hybridized carbons (Fsp3) is 0.154. The molecule has 0 saturated heterocycles. The largest absolute Gasteiger partial charge is 0.314 e. The van der Waals surface area contributed by atoms with Crippen LogP contribution in [-0.2, 0) is 11.2 Å². The molecule has 0 aromatic heterocycles. The Kier molecular flexibility index (Phi) is 1.60. The Balaban J connectivity index is 2.40. The highest BCUT2D eigenvalue weighted by Gasteiger charge is 2.25. The summed E-state index contributed by atoms with van der Waals surface area (Å²) in [7, 11) is 1.85. The molecule has 0 radical (unpaired) electrons. The molecule has 2 nitrogen and oxygen atoms in total. The molecule has 1 aliphatic rings. The molecule has 1 aliphatic heterocycles. The molecular weight excluding hydrogens is 186 g/mol. The van der Waals surface area contributed by atoms with Gasteiger partial charge in [-0.25, -0.2) is 0 Å². The summed E-state index contributed by atoms with van der Waals surface area (Å²) in [5.41, 5.74) is 2.22. The topological polar surface area (TPSA) is 20.3 Å². The summed E-state index contributed by atoms with van der Waals surface area (Å²) in [5, 5.41) is 2.36. The molecule has 0 aliphatic carbocycles. The van der Waals surface area contributed by atoms with Gasteiger partial charge >= 0.3 is 0 Å². The van der Waals surface area contributed by atoms with Gasteiger partial charge in [0.05, 0.1) is 12.1 Å². The number of carbonyl (C=O) groups is 1. The summed E-state index contributed by atoms with van der Waals surface area (Å²) >= 11 is 0. The minimum atomic E-state index is 0.182. The number of carbonyl (C=O) groups excluding carboxylic acids is 1. The molecule has 2 heteroatoms. The maximum Gasteiger partial charge on any atom is 0.231 e. The van der Waals surface area contributed by atoms with Gasteiger partial charge in [0.1, 0.15) is 0 Å². The molecule has 1 amide bonds. The maximum absolute atomic E-state index is 11.6. The second-order valence-electron chi connectivity index (χ2n) is 3.92. The van der Waals surface area contributed by atoms with E-state index in [4.69, 9.17) is 0 Å². The first-order chi connectivity index (χ1) is 7.27. The van der Waals surface area contributed by atoms with Gasteiger partial charge in [-0.1, -0.05) is 36.4 Å². The first-order valence-corrected chi connectivity index (χ1v) is 5.04. The lowest BCUT2D eigenvalue weighted by molar-refractivity contribution is -0.117. The van der Waals surface area contributed by atoms with Gasteiger partial charge in [-0.3, -0.25) is 4.79 Å². The van der Waals surface area contributed by atoms with Gasteiger partial charge in [0.15, 0.2) is 0 Å². The molecule has 0 fully saturated rings. The summed E-state index contributed by atoms with van der Waals surface area (Å²) in [4.78, 5) is 13.4. The molecule has 0 spiro atoms. The van der Waals surface area contributed by atoms with Crippen LogP contribution < -0.4 is 4.90 Å². The molecule has 0 unspecified atom stereocenters. The molecular formula is C13H11NO. The number of likely N-dealkylation sites (N-methyl/N-ethyl adjacent to an activating group) is 1. The van der Waals surface area contributed by atoms with E-state index in [0.717, 1.165) is 11.3 Å². The number of amides is 1. The van der Waals surface area contributed by atoms with E-state index in [-0.39, 0.29) is 5.91 Å². The number of hydrogen-bond donors (Lipinski definition) is 0. The summed E-state index contributed by atoms with van der Waals surface area (Å²) < 4.78 is 0. The van der Waals surface area contributed by atoms with Gasteiger partial charge in [-0.2, -0.15) is 0 Å². The van der Waals surface area contributed by atoms with Crippen molar-refractivity contribution >= 4 is 22.4 Å². The fourth-order valence-corrected chi connectivity index (χ4v) is 2.25. The van der Waals surface area contributed by atoms with E-state index >= 15 is 0 Å². The number of hydrogen-bond acceptors (Lipinski definition) is 1. The summed E-state index contributed by atoms with van der Waals surface area (Å²) in [5.74, 6) is 0.182. The highest BCUT2D eigenvalue weighted by atomic mass is 16.2. The summed E-state index contributed by atoms with van der Waals surface area (Å²) in [6.45, 7) is 0. The third-order valence-electron chi connectivity index (χ3n) is 3.04. The monoisotopic (exact) mass is 197 g/mol. The average molecular weight is 197 g/mol. The van der Waals surface area contributed by atoms with Gasteiger partial charge in [-0.05, 0) is 10.9 Å². The van der Waals surface area contributed by atoms with Crippen LogP contribution in [0, 0.1) is 0 Å². The van der Waals surface area contributed by atoms with E-state index in [1.54, 1.807) is 4.90 Å². The summed E-state index contributed by atoms with van der Waals surface area (Å²) in [6.07, 6.45) is 0.538. The zero-order valence-electron chi connectivity index (χ0n) is 8.53. The predicted molar refractivity (Wildman–Crippen MR) is 61.1 cm³/mol. The Morgan fingerprint density at radius 1 is 1.13 bits per heavy atom. The number of fused-ring (bicyclic) bond motifs is 3. The molecule has 3 rings (SSSR count). The number of anilines is 1. The van der Waals surface area contributed by atoms with Crippen LogP contribution in [0.5, 0.6) is 0 Å². The van der Waals surface area contributed by atoms with Crippen LogP contribution in [0.15, 0.2) is 36.4 Å². The van der Waals surface area contributed by atoms with Crippen LogP contribution in [0.25, 0.3) is 10.8 Å². The predicted octanol–water partition coefficient (Wildman–Crippen LogP) is 2.36. The van der Waals surface area contributed by atoms with Crippen molar-refractivity contribution < 1.29 is 4.79 Å². The quantitative estimate of drug-likeness (QED) is 0.635. The van der Waals surface area contributed by atoms with Crippen molar-refractivity contribution in [2.24, 2.45) is 0 Å². The Morgan fingerprint density at radius 3 is 2.80 bits per heavy atom. The molecule has 0 N–H and O–H groups in total. The highest BCUT2D eigenvalue weighted by molar-refractivity contribution is 6.10. The molecule has 2 aromatic rings. The Bertz CT molecular complexity index is 559. The first kappa shape index (κ1) is 8.48. The lowest BCUT2D eigenvalue weighted by Crippen LogP contribution is -2.20. The smallest absolute Gasteiger partial charge is 0.231 e. The van der Waals surface area contributed by atoms with Crippen LogP contribution in [0.1, 0.15) is 5.56 Å². The van der Waals surface area contributed by atoms with E-state index in [1.165, 1.54) is 10.8 Å². The molecule has 0 saturated carbocycles. The van der Waals surface area contributed by atoms with Crippen LogP contribution in [0.4, 0.5) is 5.69 Å². The van der Waals surface area contributed by atoms with E-state index in [0.29, 0.717) is 6.42 Å². The normalized spacial score (nSPS) is 14.7. The fourth-order valence-electron chi connectivity index (χ4n) is 2.25. The number of benzene rings is 2. The Morgan fingerprint density at radius 2 is 1.93 bits per heavy atom. The van der Waals surface area contributed by atoms with E-state index in [2.05, 4.69) is 24.3 Å². The van der Waals surface area contributed by atoms with Gasteiger partial charge in [-0.15, -0.1) is 0 Å². The van der Waals surface area contributed by atoms with Gasteiger partial charge < -0.3 is 4.90 Å². The zero-order chi connectivity index (χ0) is 10.4. The van der Waals surface area contributed by atoms with E-state index in [1.807, 2.05) is 19.2 Å². The van der Waals surface area contributed by atoms with Crippen LogP contribution >= 0.6 is 0 Å². The third kappa shape index (κ3) is 1.08. The van der Waals surface area contributed by atoms with Gasteiger partial charge in [0.2, 0.25) is 5.91 Å². The number of rotatable bonds is 0. The maximum atomic E-state index is 11.6. The van der Waals surface area contributed by atoms with Crippen molar-refractivity contribution in [3.05, 3.63) is 42.0 Å². The third-order valence-corrected chi connectivity index (χ3v) is 3.04. The second-order valence-corrected chi connectivity index (χ2v) is 3.92. The lowest BCUT2D eigenvalue weighted by Gasteiger charge is -2.12. The van der Waals surface area contributed by atoms with Crippen molar-refractivity contribution in [2.45, 2.75) is 6.42 Å². The molecule has 1 heterocycles. The molecule has 2 aromatic carbocycles. The van der Waals surface area contributed by atoms with E-state index < -0.39 is 0 Å². The van der Waals surface area contributed by atoms with Crippen molar-refractivity contribution in [2.75, 3.05) is 11.9 Å². The molecule has 0 bridgehead atoms. The first-order valence-electron chi connectivity index (χ1n) is 5.04. The molecule has 15 heavy (non-hydrogen) atoms. The highest BCUT2D eigenvalue weighted by Crippen LogP contribution is 2.34. The van der Waals surface area contributed by atoms with Crippen molar-refractivity contribution in [3.8, 4) is 0 Å². The SMILES string of the molecule is CN1C(=O)Cc2ccc3ccccc3c21. The minimum Gasteiger partial charge on any atom is -0.314 e. The van der Waals surface area contributed by atoms with Gasteiger partial charge in [0.25, 0.3) is 0 Å². The zero-order valence-corrected chi connectivity index (χ0v) is 8.53. The van der Waals surface area contributed by atoms with Crippen LogP contribution in [0.2, 0.25) is 0 Å². The molecule has 0 atom stereocenters. The average Bonchev–Trinajstić information content (AvgIpc) is 2.55. The Labute approximate surface area is 88.1 Å². The van der Waals surface area contributed by atoms with Crippen LogP contribution in [-0.4, -0.2) is 13.0 Å². The van der Waals surface area contributed by atoms with Crippen molar-refractivity contribution in [3.63, 3.8) is 0 Å². The standard InChI is InChI=1S/C13H11NO/c1-14-12(15)8-10-7-6-9-4-2-3-5-11(9)13(10)14/h2-7H,8H2,1H3. The molecule has 74 valence electrons. The summed E-state index contributed by atoms with van der Waals surface area (Å²) in [6, 6.07) is 12.3. The lowest BCUT2D eigenvalue weighted by atomic mass is 10.0. The Hall–Kier alpha value is -1.83. The minimum absolute atomic E-state index is 0.182. The van der Waals surface area contributed by atoms with Crippen molar-refractivity contribution in [1.29, 1.82) is 0 Å². The van der Waals surface area contributed by atoms with Crippen LogP contribution in [0.3, 0.4) is 0 Å². The number of nitrogens with zero attached hydrogens (tertiary/aromatic N) is 1. The second kappa shape index (κ2) is 2.83.